The van der Waals surface area contributed by atoms with Crippen molar-refractivity contribution in [2.24, 2.45) is 5.73 Å². The number of aromatic amines is 1. The zero-order chi connectivity index (χ0) is 15.7. The minimum Gasteiger partial charge on any atom is -0.368 e. The van der Waals surface area contributed by atoms with Gasteiger partial charge in [0.1, 0.15) is 6.17 Å². The third-order valence-electron chi connectivity index (χ3n) is 4.11. The fourth-order valence-electron chi connectivity index (χ4n) is 2.94. The van der Waals surface area contributed by atoms with Crippen molar-refractivity contribution in [1.29, 1.82) is 0 Å². The normalized spacial score (nSPS) is 22.1. The van der Waals surface area contributed by atoms with Crippen LogP contribution in [0.4, 0.5) is 4.39 Å². The Kier molecular flexibility index (Phi) is 3.94. The topological polar surface area (TPSA) is 75.0 Å². The Bertz CT molecular complexity index is 667. The number of hydrogen-bond donors (Lipinski definition) is 2. The van der Waals surface area contributed by atoms with E-state index < -0.39 is 18.1 Å². The molecule has 0 aliphatic carbocycles. The van der Waals surface area contributed by atoms with E-state index in [0.29, 0.717) is 6.54 Å². The van der Waals surface area contributed by atoms with E-state index in [4.69, 9.17) is 5.73 Å². The van der Waals surface area contributed by atoms with E-state index in [0.717, 1.165) is 16.8 Å². The molecule has 3 rings (SSSR count). The number of likely N-dealkylation sites (tertiary alicyclic amines) is 1. The largest absolute Gasteiger partial charge is 0.368 e. The molecule has 3 N–H and O–H groups in total. The van der Waals surface area contributed by atoms with Crippen molar-refractivity contribution in [3.8, 4) is 11.3 Å². The molecule has 116 valence electrons. The molecule has 1 saturated heterocycles. The van der Waals surface area contributed by atoms with Crippen molar-refractivity contribution in [2.45, 2.75) is 32.1 Å². The van der Waals surface area contributed by atoms with Crippen molar-refractivity contribution in [2.75, 3.05) is 6.54 Å². The van der Waals surface area contributed by atoms with Gasteiger partial charge in [0.25, 0.3) is 0 Å². The number of alkyl halides is 1. The molecule has 1 aliphatic rings. The molecule has 1 amide bonds. The Labute approximate surface area is 128 Å². The quantitative estimate of drug-likeness (QED) is 0.904. The lowest BCUT2D eigenvalue weighted by Gasteiger charge is -2.21. The number of benzene rings is 1. The van der Waals surface area contributed by atoms with Crippen LogP contribution in [0.1, 0.15) is 17.5 Å². The first-order valence-electron chi connectivity index (χ1n) is 7.31. The Morgan fingerprint density at radius 1 is 1.45 bits per heavy atom. The summed E-state index contributed by atoms with van der Waals surface area (Å²) in [5, 5.41) is 7.07. The molecule has 0 unspecified atom stereocenters. The number of halogens is 1. The summed E-state index contributed by atoms with van der Waals surface area (Å²) < 4.78 is 13.6. The Morgan fingerprint density at radius 3 is 2.86 bits per heavy atom. The molecule has 5 nitrogen and oxygen atoms in total. The molecule has 6 heteroatoms. The molecular formula is C16H19FN4O. The van der Waals surface area contributed by atoms with Crippen LogP contribution in [-0.4, -0.2) is 39.8 Å². The number of nitrogens with one attached hydrogen (secondary N) is 1. The van der Waals surface area contributed by atoms with Crippen molar-refractivity contribution in [3.63, 3.8) is 0 Å². The molecule has 2 heterocycles. The smallest absolute Gasteiger partial charge is 0.234 e. The minimum atomic E-state index is -1.01. The highest BCUT2D eigenvalue weighted by molar-refractivity contribution is 5.80. The van der Waals surface area contributed by atoms with Crippen LogP contribution in [0.25, 0.3) is 11.3 Å². The molecule has 0 spiro atoms. The van der Waals surface area contributed by atoms with Crippen LogP contribution < -0.4 is 5.73 Å². The summed E-state index contributed by atoms with van der Waals surface area (Å²) in [7, 11) is 0. The third-order valence-corrected chi connectivity index (χ3v) is 4.11. The maximum atomic E-state index is 13.6. The second-order valence-electron chi connectivity index (χ2n) is 5.82. The SMILES string of the molecule is Cc1ccc(-c2[nH]ncc2CN2C[C@H](F)C[C@H]2C(N)=O)cc1. The third kappa shape index (κ3) is 2.87. The Hall–Kier alpha value is -2.21. The van der Waals surface area contributed by atoms with Gasteiger partial charge < -0.3 is 5.73 Å². The first kappa shape index (κ1) is 14.7. The van der Waals surface area contributed by atoms with Crippen LogP contribution >= 0.6 is 0 Å². The lowest BCUT2D eigenvalue weighted by molar-refractivity contribution is -0.122. The number of amides is 1. The summed E-state index contributed by atoms with van der Waals surface area (Å²) in [4.78, 5) is 13.3. The number of hydrogen-bond acceptors (Lipinski definition) is 3. The number of carbonyl (C=O) groups excluding carboxylic acids is 1. The second kappa shape index (κ2) is 5.88. The molecule has 1 aromatic carbocycles. The van der Waals surface area contributed by atoms with Gasteiger partial charge in [-0.25, -0.2) is 4.39 Å². The van der Waals surface area contributed by atoms with E-state index in [2.05, 4.69) is 10.2 Å². The van der Waals surface area contributed by atoms with Gasteiger partial charge in [0, 0.05) is 25.1 Å². The average molecular weight is 302 g/mol. The molecule has 0 radical (unpaired) electrons. The van der Waals surface area contributed by atoms with Crippen LogP contribution in [0.3, 0.4) is 0 Å². The van der Waals surface area contributed by atoms with Crippen LogP contribution in [0.2, 0.25) is 0 Å². The van der Waals surface area contributed by atoms with E-state index in [1.807, 2.05) is 31.2 Å². The van der Waals surface area contributed by atoms with Gasteiger partial charge in [-0.3, -0.25) is 14.8 Å². The minimum absolute atomic E-state index is 0.174. The summed E-state index contributed by atoms with van der Waals surface area (Å²) in [5.41, 5.74) is 9.40. The van der Waals surface area contributed by atoms with Gasteiger partial charge in [0.15, 0.2) is 0 Å². The monoisotopic (exact) mass is 302 g/mol. The van der Waals surface area contributed by atoms with Gasteiger partial charge in [0.2, 0.25) is 5.91 Å². The molecule has 22 heavy (non-hydrogen) atoms. The number of primary amides is 1. The maximum Gasteiger partial charge on any atom is 0.234 e. The van der Waals surface area contributed by atoms with Crippen LogP contribution in [0.5, 0.6) is 0 Å². The summed E-state index contributed by atoms with van der Waals surface area (Å²) in [5.74, 6) is -0.472. The molecule has 1 aromatic heterocycles. The summed E-state index contributed by atoms with van der Waals surface area (Å²) in [6.45, 7) is 2.71. The van der Waals surface area contributed by atoms with Crippen molar-refractivity contribution in [1.82, 2.24) is 15.1 Å². The molecular weight excluding hydrogens is 283 g/mol. The van der Waals surface area contributed by atoms with Crippen LogP contribution in [-0.2, 0) is 11.3 Å². The van der Waals surface area contributed by atoms with Gasteiger partial charge in [0.05, 0.1) is 17.9 Å². The second-order valence-corrected chi connectivity index (χ2v) is 5.82. The zero-order valence-corrected chi connectivity index (χ0v) is 12.4. The zero-order valence-electron chi connectivity index (χ0n) is 12.4. The first-order chi connectivity index (χ1) is 10.5. The molecule has 1 fully saturated rings. The number of carbonyl (C=O) groups is 1. The highest BCUT2D eigenvalue weighted by Gasteiger charge is 2.36. The molecule has 0 saturated carbocycles. The van der Waals surface area contributed by atoms with Crippen LogP contribution in [0, 0.1) is 6.92 Å². The van der Waals surface area contributed by atoms with Gasteiger partial charge in [-0.1, -0.05) is 29.8 Å². The highest BCUT2D eigenvalue weighted by Crippen LogP contribution is 2.27. The fourth-order valence-corrected chi connectivity index (χ4v) is 2.94. The van der Waals surface area contributed by atoms with Gasteiger partial charge in [-0.15, -0.1) is 0 Å². The van der Waals surface area contributed by atoms with E-state index in [1.54, 1.807) is 11.1 Å². The summed E-state index contributed by atoms with van der Waals surface area (Å²) >= 11 is 0. The maximum absolute atomic E-state index is 13.6. The van der Waals surface area contributed by atoms with E-state index in [1.165, 1.54) is 5.56 Å². The van der Waals surface area contributed by atoms with Gasteiger partial charge >= 0.3 is 0 Å². The van der Waals surface area contributed by atoms with Gasteiger partial charge in [-0.05, 0) is 12.5 Å². The van der Waals surface area contributed by atoms with E-state index >= 15 is 0 Å². The molecule has 0 bridgehead atoms. The number of rotatable bonds is 4. The van der Waals surface area contributed by atoms with Crippen molar-refractivity contribution >= 4 is 5.91 Å². The number of aryl methyl sites for hydroxylation is 1. The Morgan fingerprint density at radius 2 is 2.18 bits per heavy atom. The number of aromatic nitrogens is 2. The summed E-state index contributed by atoms with van der Waals surface area (Å²) in [6.07, 6.45) is 0.887. The van der Waals surface area contributed by atoms with Gasteiger partial charge in [-0.2, -0.15) is 5.10 Å². The van der Waals surface area contributed by atoms with E-state index in [9.17, 15) is 9.18 Å². The lowest BCUT2D eigenvalue weighted by atomic mass is 10.1. The Balaban J connectivity index is 1.83. The number of nitrogens with zero attached hydrogens (tertiary/aromatic N) is 2. The predicted octanol–water partition coefficient (Wildman–Crippen LogP) is 1.78. The average Bonchev–Trinajstić information content (AvgIpc) is 3.07. The fraction of sp³-hybridized carbons (Fsp3) is 0.375. The highest BCUT2D eigenvalue weighted by atomic mass is 19.1. The molecule has 2 aromatic rings. The lowest BCUT2D eigenvalue weighted by Crippen LogP contribution is -2.39. The first-order valence-corrected chi connectivity index (χ1v) is 7.31. The predicted molar refractivity (Wildman–Crippen MR) is 81.7 cm³/mol. The molecule has 1 aliphatic heterocycles. The van der Waals surface area contributed by atoms with Crippen molar-refractivity contribution in [3.05, 3.63) is 41.6 Å². The number of nitrogens with two attached hydrogens (primary N) is 1. The van der Waals surface area contributed by atoms with Crippen LogP contribution in [0.15, 0.2) is 30.5 Å². The van der Waals surface area contributed by atoms with E-state index in [-0.39, 0.29) is 13.0 Å². The number of H-pyrrole nitrogens is 1. The standard InChI is InChI=1S/C16H19FN4O/c1-10-2-4-11(5-3-10)15-12(7-19-20-15)8-21-9-13(17)6-14(21)16(18)22/h2-5,7,13-14H,6,8-9H2,1H3,(H2,18,22)(H,19,20)/t13-,14+/m1/s1. The van der Waals surface area contributed by atoms with Crippen molar-refractivity contribution < 1.29 is 9.18 Å². The molecule has 2 atom stereocenters. The summed E-state index contributed by atoms with van der Waals surface area (Å²) in [6, 6.07) is 7.54.